The van der Waals surface area contributed by atoms with Gasteiger partial charge < -0.3 is 4.42 Å². The summed E-state index contributed by atoms with van der Waals surface area (Å²) in [4.78, 5) is 14.8. The van der Waals surface area contributed by atoms with Gasteiger partial charge in [-0.05, 0) is 46.2 Å². The van der Waals surface area contributed by atoms with Crippen LogP contribution in [0.15, 0.2) is 132 Å². The summed E-state index contributed by atoms with van der Waals surface area (Å²) in [6, 6.07) is 43.8. The van der Waals surface area contributed by atoms with E-state index in [1.54, 1.807) is 0 Å². The molecule has 9 rings (SSSR count). The van der Waals surface area contributed by atoms with Crippen LogP contribution in [0.2, 0.25) is 0 Å². The van der Waals surface area contributed by atoms with Gasteiger partial charge in [0.25, 0.3) is 0 Å². The van der Waals surface area contributed by atoms with Gasteiger partial charge in [0, 0.05) is 32.8 Å². The smallest absolute Gasteiger partial charge is 0.164 e. The average Bonchev–Trinajstić information content (AvgIpc) is 3.64. The predicted octanol–water partition coefficient (Wildman–Crippen LogP) is 9.50. The zero-order chi connectivity index (χ0) is 27.6. The highest BCUT2D eigenvalue weighted by molar-refractivity contribution is 6.23. The van der Waals surface area contributed by atoms with Crippen molar-refractivity contribution >= 4 is 32.7 Å². The number of furan rings is 1. The van der Waals surface area contributed by atoms with Crippen LogP contribution in [0.3, 0.4) is 0 Å². The third kappa shape index (κ3) is 3.45. The van der Waals surface area contributed by atoms with E-state index in [1.807, 2.05) is 66.7 Å². The molecule has 8 aromatic rings. The Kier molecular flexibility index (Phi) is 4.93. The van der Waals surface area contributed by atoms with Crippen molar-refractivity contribution in [3.05, 3.63) is 139 Å². The van der Waals surface area contributed by atoms with Crippen LogP contribution in [0.25, 0.3) is 78.0 Å². The summed E-state index contributed by atoms with van der Waals surface area (Å²) in [5, 5.41) is 4.76. The fourth-order valence-electron chi connectivity index (χ4n) is 6.45. The molecule has 6 aromatic carbocycles. The predicted molar refractivity (Wildman–Crippen MR) is 169 cm³/mol. The van der Waals surface area contributed by atoms with Crippen molar-refractivity contribution in [2.24, 2.45) is 0 Å². The monoisotopic (exact) mass is 537 g/mol. The summed E-state index contributed by atoms with van der Waals surface area (Å²) in [7, 11) is 0. The Balaban J connectivity index is 1.26. The van der Waals surface area contributed by atoms with Gasteiger partial charge in [0.2, 0.25) is 0 Å². The van der Waals surface area contributed by atoms with Crippen LogP contribution in [0.5, 0.6) is 0 Å². The molecule has 0 saturated carbocycles. The van der Waals surface area contributed by atoms with Crippen LogP contribution in [0.1, 0.15) is 11.1 Å². The van der Waals surface area contributed by atoms with Gasteiger partial charge in [0.05, 0.1) is 0 Å². The highest BCUT2D eigenvalue weighted by Gasteiger charge is 2.28. The number of hydrogen-bond donors (Lipinski definition) is 0. The van der Waals surface area contributed by atoms with E-state index >= 15 is 0 Å². The van der Waals surface area contributed by atoms with Crippen LogP contribution >= 0.6 is 0 Å². The molecule has 42 heavy (non-hydrogen) atoms. The molecule has 0 spiro atoms. The zero-order valence-corrected chi connectivity index (χ0v) is 22.6. The quantitative estimate of drug-likeness (QED) is 0.225. The molecule has 0 radical (unpaired) electrons. The molecule has 0 N–H and O–H groups in total. The summed E-state index contributed by atoms with van der Waals surface area (Å²) >= 11 is 0. The van der Waals surface area contributed by atoms with Gasteiger partial charge in [-0.1, -0.05) is 115 Å². The van der Waals surface area contributed by atoms with Crippen LogP contribution < -0.4 is 0 Å². The van der Waals surface area contributed by atoms with Crippen LogP contribution in [-0.4, -0.2) is 15.0 Å². The standard InChI is InChI=1S/C38H23N3O/c1-3-11-23(12-4-1)36-39-37(24-13-5-2-6-14-24)41-38(40-36)25-19-20-27-26(21-25)22-31-28-15-7-8-16-29(28)35-34(33(27)31)30-17-9-10-18-32(30)42-35/h1-21H,22H2. The first-order valence-corrected chi connectivity index (χ1v) is 14.2. The fraction of sp³-hybridized carbons (Fsp3) is 0.0263. The second kappa shape index (κ2) is 8.95. The molecule has 0 amide bonds. The van der Waals surface area contributed by atoms with Crippen molar-refractivity contribution in [1.82, 2.24) is 15.0 Å². The maximum absolute atomic E-state index is 6.48. The minimum atomic E-state index is 0.667. The molecule has 2 aromatic heterocycles. The number of nitrogens with zero attached hydrogens (tertiary/aromatic N) is 3. The summed E-state index contributed by atoms with van der Waals surface area (Å²) in [5.41, 5.74) is 9.94. The third-order valence-electron chi connectivity index (χ3n) is 8.34. The van der Waals surface area contributed by atoms with Gasteiger partial charge in [-0.3, -0.25) is 0 Å². The largest absolute Gasteiger partial charge is 0.455 e. The second-order valence-corrected chi connectivity index (χ2v) is 10.8. The van der Waals surface area contributed by atoms with E-state index in [1.165, 1.54) is 33.0 Å². The molecule has 1 aliphatic rings. The number of benzene rings is 6. The van der Waals surface area contributed by atoms with Gasteiger partial charge in [-0.25, -0.2) is 15.0 Å². The van der Waals surface area contributed by atoms with Gasteiger partial charge >= 0.3 is 0 Å². The lowest BCUT2D eigenvalue weighted by Gasteiger charge is -2.10. The average molecular weight is 538 g/mol. The van der Waals surface area contributed by atoms with E-state index in [-0.39, 0.29) is 0 Å². The number of fused-ring (bicyclic) bond motifs is 10. The summed E-state index contributed by atoms with van der Waals surface area (Å²) in [5.74, 6) is 2.01. The topological polar surface area (TPSA) is 51.8 Å². The van der Waals surface area contributed by atoms with Crippen molar-refractivity contribution in [2.45, 2.75) is 6.42 Å². The minimum absolute atomic E-state index is 0.667. The van der Waals surface area contributed by atoms with E-state index in [9.17, 15) is 0 Å². The summed E-state index contributed by atoms with van der Waals surface area (Å²) in [6.07, 6.45) is 0.844. The van der Waals surface area contributed by atoms with Crippen molar-refractivity contribution in [1.29, 1.82) is 0 Å². The normalized spacial score (nSPS) is 12.2. The Hall–Kier alpha value is -5.61. The molecule has 0 fully saturated rings. The van der Waals surface area contributed by atoms with Gasteiger partial charge in [0.1, 0.15) is 11.2 Å². The molecule has 0 saturated heterocycles. The van der Waals surface area contributed by atoms with Crippen LogP contribution in [0.4, 0.5) is 0 Å². The maximum Gasteiger partial charge on any atom is 0.164 e. The van der Waals surface area contributed by atoms with Crippen molar-refractivity contribution in [3.63, 3.8) is 0 Å². The first-order valence-electron chi connectivity index (χ1n) is 14.2. The fourth-order valence-corrected chi connectivity index (χ4v) is 6.45. The number of aromatic nitrogens is 3. The molecular weight excluding hydrogens is 514 g/mol. The number of para-hydroxylation sites is 1. The van der Waals surface area contributed by atoms with Gasteiger partial charge in [0.15, 0.2) is 17.5 Å². The number of rotatable bonds is 3. The minimum Gasteiger partial charge on any atom is -0.455 e. The van der Waals surface area contributed by atoms with Gasteiger partial charge in [-0.2, -0.15) is 0 Å². The van der Waals surface area contributed by atoms with Gasteiger partial charge in [-0.15, -0.1) is 0 Å². The molecule has 0 unspecified atom stereocenters. The first-order chi connectivity index (χ1) is 20.8. The van der Waals surface area contributed by atoms with E-state index in [2.05, 4.69) is 60.7 Å². The summed E-state index contributed by atoms with van der Waals surface area (Å²) in [6.45, 7) is 0. The van der Waals surface area contributed by atoms with Crippen molar-refractivity contribution < 1.29 is 4.42 Å². The number of hydrogen-bond acceptors (Lipinski definition) is 4. The highest BCUT2D eigenvalue weighted by atomic mass is 16.3. The molecule has 0 bridgehead atoms. The van der Waals surface area contributed by atoms with E-state index in [0.29, 0.717) is 17.5 Å². The molecule has 196 valence electrons. The van der Waals surface area contributed by atoms with Crippen LogP contribution in [0, 0.1) is 0 Å². The molecule has 0 atom stereocenters. The Morgan fingerprint density at radius 2 is 1.07 bits per heavy atom. The first kappa shape index (κ1) is 23.1. The zero-order valence-electron chi connectivity index (χ0n) is 22.6. The molecule has 4 nitrogen and oxygen atoms in total. The molecular formula is C38H23N3O. The van der Waals surface area contributed by atoms with Crippen LogP contribution in [-0.2, 0) is 6.42 Å². The van der Waals surface area contributed by atoms with Crippen molar-refractivity contribution in [2.75, 3.05) is 0 Å². The second-order valence-electron chi connectivity index (χ2n) is 10.8. The molecule has 0 aliphatic heterocycles. The molecule has 2 heterocycles. The molecule has 4 heteroatoms. The lowest BCUT2D eigenvalue weighted by molar-refractivity contribution is 0.672. The molecule has 1 aliphatic carbocycles. The SMILES string of the molecule is c1ccc(-c2nc(-c3ccccc3)nc(-c3ccc4c(c3)Cc3c-4c4c5ccccc5oc4c4ccccc34)n2)cc1. The third-order valence-corrected chi connectivity index (χ3v) is 8.34. The lowest BCUT2D eigenvalue weighted by Crippen LogP contribution is -2.00. The Morgan fingerprint density at radius 1 is 0.500 bits per heavy atom. The lowest BCUT2D eigenvalue weighted by atomic mass is 9.94. The van der Waals surface area contributed by atoms with E-state index < -0.39 is 0 Å². The Bertz CT molecular complexity index is 2260. The summed E-state index contributed by atoms with van der Waals surface area (Å²) < 4.78 is 6.48. The van der Waals surface area contributed by atoms with E-state index in [4.69, 9.17) is 19.4 Å². The Morgan fingerprint density at radius 3 is 1.76 bits per heavy atom. The Labute approximate surface area is 242 Å². The van der Waals surface area contributed by atoms with Crippen molar-refractivity contribution in [3.8, 4) is 45.3 Å². The maximum atomic E-state index is 6.48. The van der Waals surface area contributed by atoms with E-state index in [0.717, 1.165) is 45.0 Å². The highest BCUT2D eigenvalue weighted by Crippen LogP contribution is 2.49.